The zero-order chi connectivity index (χ0) is 25.4. The number of hydrogen-bond donors (Lipinski definition) is 0. The van der Waals surface area contributed by atoms with Crippen LogP contribution in [0.5, 0.6) is 0 Å². The van der Waals surface area contributed by atoms with E-state index >= 15 is 0 Å². The number of carbonyl (C=O) groups is 5. The smallest absolute Gasteiger partial charge is 0.338 e. The van der Waals surface area contributed by atoms with Crippen LogP contribution < -0.4 is 4.90 Å². The SMILES string of the molecule is Cc1ccccc1N1C(=O)c2ccc(C(=O)OCCCCN3C(=O)c4ccccc4C3=O)cc2C1=O. The number of fused-ring (bicyclic) bond motifs is 2. The molecule has 0 aliphatic carbocycles. The maximum atomic E-state index is 13.0. The molecule has 0 bridgehead atoms. The molecule has 0 N–H and O–H groups in total. The summed E-state index contributed by atoms with van der Waals surface area (Å²) < 4.78 is 5.32. The number of ether oxygens (including phenoxy) is 1. The van der Waals surface area contributed by atoms with Gasteiger partial charge in [0.05, 0.1) is 40.1 Å². The van der Waals surface area contributed by atoms with Gasteiger partial charge in [0.25, 0.3) is 23.6 Å². The summed E-state index contributed by atoms with van der Waals surface area (Å²) in [7, 11) is 0. The number of hydrogen-bond acceptors (Lipinski definition) is 6. The highest BCUT2D eigenvalue weighted by Gasteiger charge is 2.38. The van der Waals surface area contributed by atoms with Crippen LogP contribution in [0.15, 0.2) is 66.7 Å². The van der Waals surface area contributed by atoms with E-state index < -0.39 is 17.8 Å². The molecule has 0 atom stereocenters. The van der Waals surface area contributed by atoms with Gasteiger partial charge in [-0.2, -0.15) is 0 Å². The number of unbranched alkanes of at least 4 members (excludes halogenated alkanes) is 1. The molecule has 180 valence electrons. The molecule has 3 aromatic rings. The van der Waals surface area contributed by atoms with Crippen LogP contribution in [0.25, 0.3) is 0 Å². The van der Waals surface area contributed by atoms with Gasteiger partial charge in [0.1, 0.15) is 0 Å². The molecule has 2 heterocycles. The molecule has 8 nitrogen and oxygen atoms in total. The van der Waals surface area contributed by atoms with Crippen LogP contribution in [0.4, 0.5) is 5.69 Å². The zero-order valence-electron chi connectivity index (χ0n) is 19.5. The summed E-state index contributed by atoms with van der Waals surface area (Å²) in [5, 5.41) is 0. The predicted molar refractivity (Wildman–Crippen MR) is 130 cm³/mol. The second-order valence-corrected chi connectivity index (χ2v) is 8.64. The van der Waals surface area contributed by atoms with Crippen molar-refractivity contribution in [1.29, 1.82) is 0 Å². The van der Waals surface area contributed by atoms with E-state index in [0.29, 0.717) is 29.7 Å². The Morgan fingerprint density at radius 1 is 0.722 bits per heavy atom. The Kier molecular flexibility index (Phi) is 5.93. The fourth-order valence-electron chi connectivity index (χ4n) is 4.46. The molecule has 8 heteroatoms. The van der Waals surface area contributed by atoms with Gasteiger partial charge in [-0.25, -0.2) is 9.69 Å². The largest absolute Gasteiger partial charge is 0.462 e. The quantitative estimate of drug-likeness (QED) is 0.286. The molecule has 2 aliphatic heterocycles. The number of rotatable bonds is 7. The highest BCUT2D eigenvalue weighted by Crippen LogP contribution is 2.31. The van der Waals surface area contributed by atoms with Gasteiger partial charge in [-0.1, -0.05) is 30.3 Å². The molecule has 2 aliphatic rings. The van der Waals surface area contributed by atoms with Gasteiger partial charge in [0.2, 0.25) is 0 Å². The molecule has 0 aromatic heterocycles. The number of esters is 1. The molecule has 4 amide bonds. The summed E-state index contributed by atoms with van der Waals surface area (Å²) in [6.45, 7) is 2.13. The van der Waals surface area contributed by atoms with E-state index in [9.17, 15) is 24.0 Å². The lowest BCUT2D eigenvalue weighted by molar-refractivity contribution is 0.0485. The van der Waals surface area contributed by atoms with Crippen molar-refractivity contribution < 1.29 is 28.7 Å². The van der Waals surface area contributed by atoms with Crippen molar-refractivity contribution in [3.05, 3.63) is 100 Å². The lowest BCUT2D eigenvalue weighted by atomic mass is 10.1. The Balaban J connectivity index is 1.17. The van der Waals surface area contributed by atoms with E-state index in [-0.39, 0.29) is 41.7 Å². The molecule has 3 aromatic carbocycles. The number of imide groups is 2. The average molecular weight is 482 g/mol. The molecule has 36 heavy (non-hydrogen) atoms. The van der Waals surface area contributed by atoms with E-state index in [0.717, 1.165) is 10.5 Å². The summed E-state index contributed by atoms with van der Waals surface area (Å²) in [5.41, 5.74) is 2.66. The molecule has 0 fully saturated rings. The predicted octanol–water partition coefficient (Wildman–Crippen LogP) is 4.03. The van der Waals surface area contributed by atoms with Crippen molar-refractivity contribution in [2.24, 2.45) is 0 Å². The number of aryl methyl sites for hydroxylation is 1. The molecule has 5 rings (SSSR count). The Morgan fingerprint density at radius 2 is 1.33 bits per heavy atom. The van der Waals surface area contributed by atoms with Crippen molar-refractivity contribution in [1.82, 2.24) is 4.90 Å². The molecular weight excluding hydrogens is 460 g/mol. The number of carbonyl (C=O) groups excluding carboxylic acids is 5. The minimum Gasteiger partial charge on any atom is -0.462 e. The normalized spacial score (nSPS) is 14.4. The van der Waals surface area contributed by atoms with Crippen LogP contribution in [0.1, 0.15) is 70.2 Å². The minimum atomic E-state index is -0.617. The van der Waals surface area contributed by atoms with E-state index in [2.05, 4.69) is 0 Å². The molecule has 0 unspecified atom stereocenters. The summed E-state index contributed by atoms with van der Waals surface area (Å²) in [5.74, 6) is -2.17. The first-order valence-electron chi connectivity index (χ1n) is 11.6. The fraction of sp³-hybridized carbons (Fsp3) is 0.179. The van der Waals surface area contributed by atoms with Gasteiger partial charge in [-0.3, -0.25) is 24.1 Å². The average Bonchev–Trinajstić information content (AvgIpc) is 3.28. The van der Waals surface area contributed by atoms with E-state index in [4.69, 9.17) is 4.74 Å². The van der Waals surface area contributed by atoms with Gasteiger partial charge in [0.15, 0.2) is 0 Å². The standard InChI is InChI=1S/C28H22N2O6/c1-17-8-2-5-11-23(17)30-26(33)21-13-12-18(16-22(21)27(30)34)28(35)36-15-7-6-14-29-24(31)19-9-3-4-10-20(19)25(29)32/h2-5,8-13,16H,6-7,14-15H2,1H3. The first-order valence-corrected chi connectivity index (χ1v) is 11.6. The Hall–Kier alpha value is -4.59. The number of amides is 4. The van der Waals surface area contributed by atoms with Crippen molar-refractivity contribution in [3.63, 3.8) is 0 Å². The topological polar surface area (TPSA) is 101 Å². The van der Waals surface area contributed by atoms with Gasteiger partial charge >= 0.3 is 5.97 Å². The molecule has 0 radical (unpaired) electrons. The Bertz CT molecular complexity index is 1410. The van der Waals surface area contributed by atoms with Gasteiger partial charge in [-0.15, -0.1) is 0 Å². The summed E-state index contributed by atoms with van der Waals surface area (Å²) in [4.78, 5) is 65.5. The molecule has 0 saturated heterocycles. The summed E-state index contributed by atoms with van der Waals surface area (Å²) in [6.07, 6.45) is 0.921. The van der Waals surface area contributed by atoms with Gasteiger partial charge in [0, 0.05) is 6.54 Å². The van der Waals surface area contributed by atoms with Gasteiger partial charge in [-0.05, 0) is 61.7 Å². The van der Waals surface area contributed by atoms with Crippen molar-refractivity contribution >= 4 is 35.3 Å². The zero-order valence-corrected chi connectivity index (χ0v) is 19.5. The van der Waals surface area contributed by atoms with Crippen molar-refractivity contribution in [2.75, 3.05) is 18.1 Å². The third-order valence-corrected chi connectivity index (χ3v) is 6.37. The number of para-hydroxylation sites is 1. The third-order valence-electron chi connectivity index (χ3n) is 6.37. The van der Waals surface area contributed by atoms with E-state index in [1.165, 1.54) is 23.1 Å². The highest BCUT2D eigenvalue weighted by atomic mass is 16.5. The number of benzene rings is 3. The minimum absolute atomic E-state index is 0.0846. The first kappa shape index (κ1) is 23.2. The van der Waals surface area contributed by atoms with E-state index in [1.54, 1.807) is 36.4 Å². The van der Waals surface area contributed by atoms with Crippen LogP contribution in [0.3, 0.4) is 0 Å². The number of anilines is 1. The second kappa shape index (κ2) is 9.22. The lowest BCUT2D eigenvalue weighted by Crippen LogP contribution is -2.30. The number of nitrogens with zero attached hydrogens (tertiary/aromatic N) is 2. The van der Waals surface area contributed by atoms with Crippen molar-refractivity contribution in [2.45, 2.75) is 19.8 Å². The van der Waals surface area contributed by atoms with Crippen LogP contribution in [-0.2, 0) is 4.74 Å². The summed E-state index contributed by atoms with van der Waals surface area (Å²) in [6, 6.07) is 18.1. The molecular formula is C28H22N2O6. The van der Waals surface area contributed by atoms with E-state index in [1.807, 2.05) is 19.1 Å². The second-order valence-electron chi connectivity index (χ2n) is 8.64. The Labute approximate surface area is 207 Å². The summed E-state index contributed by atoms with van der Waals surface area (Å²) >= 11 is 0. The van der Waals surface area contributed by atoms with Crippen molar-refractivity contribution in [3.8, 4) is 0 Å². The maximum Gasteiger partial charge on any atom is 0.338 e. The van der Waals surface area contributed by atoms with Crippen LogP contribution in [0, 0.1) is 6.92 Å². The third kappa shape index (κ3) is 3.86. The Morgan fingerprint density at radius 3 is 2.03 bits per heavy atom. The van der Waals surface area contributed by atoms with Crippen LogP contribution >= 0.6 is 0 Å². The maximum absolute atomic E-state index is 13.0. The van der Waals surface area contributed by atoms with Crippen LogP contribution in [0.2, 0.25) is 0 Å². The molecule has 0 spiro atoms. The fourth-order valence-corrected chi connectivity index (χ4v) is 4.46. The molecule has 0 saturated carbocycles. The lowest BCUT2D eigenvalue weighted by Gasteiger charge is -2.16. The van der Waals surface area contributed by atoms with Crippen LogP contribution in [-0.4, -0.2) is 47.6 Å². The first-order chi connectivity index (χ1) is 17.4. The monoisotopic (exact) mass is 482 g/mol. The van der Waals surface area contributed by atoms with Gasteiger partial charge < -0.3 is 4.74 Å². The highest BCUT2D eigenvalue weighted by molar-refractivity contribution is 6.35.